The van der Waals surface area contributed by atoms with Crippen LogP contribution in [0.3, 0.4) is 0 Å². The second-order valence-electron chi connectivity index (χ2n) is 4.37. The van der Waals surface area contributed by atoms with Gasteiger partial charge in [0.1, 0.15) is 24.4 Å². The molecule has 4 unspecified atom stereocenters. The average molecular weight is 267 g/mol. The third-order valence-corrected chi connectivity index (χ3v) is 3.22. The van der Waals surface area contributed by atoms with Gasteiger partial charge in [-0.3, -0.25) is 14.9 Å². The van der Waals surface area contributed by atoms with Crippen LogP contribution in [0.5, 0.6) is 0 Å². The molecule has 1 saturated heterocycles. The number of carbonyl (C=O) groups excluding carboxylic acids is 2. The van der Waals surface area contributed by atoms with E-state index in [-0.39, 0.29) is 5.57 Å². The van der Waals surface area contributed by atoms with Crippen LogP contribution in [-0.4, -0.2) is 58.2 Å². The van der Waals surface area contributed by atoms with Crippen molar-refractivity contribution in [3.05, 3.63) is 11.6 Å². The van der Waals surface area contributed by atoms with E-state index >= 15 is 0 Å². The Hall–Kier alpha value is -1.72. The van der Waals surface area contributed by atoms with Crippen LogP contribution in [0, 0.1) is 18.3 Å². The van der Waals surface area contributed by atoms with Gasteiger partial charge in [-0.15, -0.1) is 6.42 Å². The Bertz CT molecular complexity index is 479. The van der Waals surface area contributed by atoms with Gasteiger partial charge in [0.15, 0.2) is 0 Å². The first-order chi connectivity index (χ1) is 8.99. The summed E-state index contributed by atoms with van der Waals surface area (Å²) in [5.74, 6) is -0.221. The Labute approximate surface area is 108 Å². The monoisotopic (exact) mass is 267 g/mol. The van der Waals surface area contributed by atoms with Crippen molar-refractivity contribution < 1.29 is 29.6 Å². The van der Waals surface area contributed by atoms with Crippen LogP contribution in [0.15, 0.2) is 11.6 Å². The first kappa shape index (κ1) is 13.7. The second-order valence-corrected chi connectivity index (χ2v) is 4.37. The van der Waals surface area contributed by atoms with Crippen molar-refractivity contribution in [1.29, 1.82) is 0 Å². The highest BCUT2D eigenvalue weighted by molar-refractivity contribution is 6.10. The lowest BCUT2D eigenvalue weighted by Crippen LogP contribution is -2.47. The fraction of sp³-hybridized carbons (Fsp3) is 0.500. The van der Waals surface area contributed by atoms with E-state index in [4.69, 9.17) is 16.3 Å². The smallest absolute Gasteiger partial charge is 0.266 e. The minimum atomic E-state index is -1.35. The molecule has 102 valence electrons. The van der Waals surface area contributed by atoms with Crippen LogP contribution in [0.25, 0.3) is 0 Å². The highest BCUT2D eigenvalue weighted by Crippen LogP contribution is 2.29. The lowest BCUT2D eigenvalue weighted by molar-refractivity contribution is -0.136. The maximum absolute atomic E-state index is 11.7. The first-order valence-corrected chi connectivity index (χ1v) is 5.65. The Morgan fingerprint density at radius 1 is 1.37 bits per heavy atom. The normalized spacial score (nSPS) is 38.6. The van der Waals surface area contributed by atoms with Crippen molar-refractivity contribution in [3.8, 4) is 12.3 Å². The molecule has 2 heterocycles. The Morgan fingerprint density at radius 3 is 2.58 bits per heavy atom. The van der Waals surface area contributed by atoms with Gasteiger partial charge in [-0.25, -0.2) is 0 Å². The summed E-state index contributed by atoms with van der Waals surface area (Å²) in [6.45, 7) is -0.492. The van der Waals surface area contributed by atoms with Gasteiger partial charge in [-0.1, -0.05) is 5.92 Å². The van der Waals surface area contributed by atoms with Gasteiger partial charge in [-0.05, 0) is 6.08 Å². The molecule has 7 nitrogen and oxygen atoms in total. The molecule has 0 spiro atoms. The molecule has 0 aromatic heterocycles. The number of aliphatic hydroxyl groups excluding tert-OH is 3. The maximum atomic E-state index is 11.7. The number of amides is 2. The van der Waals surface area contributed by atoms with Gasteiger partial charge in [0.05, 0.1) is 18.1 Å². The number of aliphatic hydroxyl groups is 3. The van der Waals surface area contributed by atoms with Gasteiger partial charge in [-0.2, -0.15) is 0 Å². The number of ether oxygens (including phenoxy) is 1. The summed E-state index contributed by atoms with van der Waals surface area (Å²) in [6.07, 6.45) is 1.66. The van der Waals surface area contributed by atoms with E-state index in [1.807, 2.05) is 0 Å². The number of hydrogen-bond donors (Lipinski definition) is 4. The van der Waals surface area contributed by atoms with E-state index in [1.54, 1.807) is 0 Å². The average Bonchev–Trinajstić information content (AvgIpc) is 2.67. The fourth-order valence-electron chi connectivity index (χ4n) is 2.18. The van der Waals surface area contributed by atoms with Crippen LogP contribution in [0.2, 0.25) is 0 Å². The molecule has 0 aromatic carbocycles. The molecule has 2 rings (SSSR count). The molecule has 0 aromatic rings. The lowest BCUT2D eigenvalue weighted by atomic mass is 9.91. The third-order valence-electron chi connectivity index (χ3n) is 3.22. The molecule has 2 aliphatic rings. The van der Waals surface area contributed by atoms with Crippen LogP contribution in [0.1, 0.15) is 0 Å². The van der Waals surface area contributed by atoms with Crippen molar-refractivity contribution in [2.75, 3.05) is 6.61 Å². The van der Waals surface area contributed by atoms with E-state index in [0.29, 0.717) is 0 Å². The van der Waals surface area contributed by atoms with Crippen molar-refractivity contribution in [1.82, 2.24) is 5.32 Å². The molecule has 19 heavy (non-hydrogen) atoms. The van der Waals surface area contributed by atoms with Crippen LogP contribution < -0.4 is 5.32 Å². The van der Waals surface area contributed by atoms with Crippen molar-refractivity contribution >= 4 is 11.8 Å². The van der Waals surface area contributed by atoms with Crippen molar-refractivity contribution in [3.63, 3.8) is 0 Å². The van der Waals surface area contributed by atoms with Gasteiger partial charge in [0.25, 0.3) is 5.91 Å². The van der Waals surface area contributed by atoms with Gasteiger partial charge < -0.3 is 20.1 Å². The lowest BCUT2D eigenvalue weighted by Gasteiger charge is -2.25. The summed E-state index contributed by atoms with van der Waals surface area (Å²) in [5, 5.41) is 30.5. The third kappa shape index (κ3) is 2.27. The summed E-state index contributed by atoms with van der Waals surface area (Å²) in [4.78, 5) is 23.0. The topological polar surface area (TPSA) is 116 Å². The highest BCUT2D eigenvalue weighted by atomic mass is 16.6. The van der Waals surface area contributed by atoms with E-state index in [2.05, 4.69) is 11.2 Å². The number of carbonyl (C=O) groups is 2. The van der Waals surface area contributed by atoms with E-state index in [1.165, 1.54) is 6.08 Å². The molecule has 0 saturated carbocycles. The molecule has 4 N–H and O–H groups in total. The predicted octanol–water partition coefficient (Wildman–Crippen LogP) is -2.70. The molecular weight excluding hydrogens is 254 g/mol. The van der Waals surface area contributed by atoms with Crippen molar-refractivity contribution in [2.45, 2.75) is 24.4 Å². The molecule has 2 aliphatic heterocycles. The summed E-state index contributed by atoms with van der Waals surface area (Å²) in [7, 11) is 0. The largest absolute Gasteiger partial charge is 0.394 e. The zero-order valence-corrected chi connectivity index (χ0v) is 9.81. The second kappa shape index (κ2) is 5.11. The van der Waals surface area contributed by atoms with E-state index in [0.717, 1.165) is 0 Å². The number of hydrogen-bond acceptors (Lipinski definition) is 6. The molecule has 2 amide bonds. The van der Waals surface area contributed by atoms with E-state index < -0.39 is 48.8 Å². The van der Waals surface area contributed by atoms with E-state index in [9.17, 15) is 19.8 Å². The van der Waals surface area contributed by atoms with Crippen LogP contribution in [0.4, 0.5) is 0 Å². The Kier molecular flexibility index (Phi) is 3.68. The number of terminal acetylenes is 1. The summed E-state index contributed by atoms with van der Waals surface area (Å²) in [6, 6.07) is 0. The molecule has 0 radical (unpaired) electrons. The van der Waals surface area contributed by atoms with Crippen LogP contribution >= 0.6 is 0 Å². The Balaban J connectivity index is 2.27. The summed E-state index contributed by atoms with van der Waals surface area (Å²) < 4.78 is 5.24. The quantitative estimate of drug-likeness (QED) is 0.319. The minimum absolute atomic E-state index is 0.0395. The summed E-state index contributed by atoms with van der Waals surface area (Å²) >= 11 is 0. The molecule has 0 bridgehead atoms. The zero-order chi connectivity index (χ0) is 14.2. The summed E-state index contributed by atoms with van der Waals surface area (Å²) in [5.41, 5.74) is -0.0395. The highest BCUT2D eigenvalue weighted by Gasteiger charge is 2.48. The SMILES string of the molecule is C#CC1=CC(C2OC(CO)C(O)[C@H]2O)C(=O)NC1=O. The zero-order valence-electron chi connectivity index (χ0n) is 9.81. The predicted molar refractivity (Wildman–Crippen MR) is 61.3 cm³/mol. The number of nitrogens with one attached hydrogen (secondary N) is 1. The minimum Gasteiger partial charge on any atom is -0.394 e. The molecule has 5 atom stereocenters. The van der Waals surface area contributed by atoms with Gasteiger partial charge >= 0.3 is 0 Å². The maximum Gasteiger partial charge on any atom is 0.266 e. The molecule has 7 heteroatoms. The van der Waals surface area contributed by atoms with Gasteiger partial charge in [0, 0.05) is 0 Å². The first-order valence-electron chi connectivity index (χ1n) is 5.65. The number of rotatable bonds is 2. The Morgan fingerprint density at radius 2 is 2.05 bits per heavy atom. The molecule has 1 fully saturated rings. The van der Waals surface area contributed by atoms with Gasteiger partial charge in [0.2, 0.25) is 5.91 Å². The fourth-order valence-corrected chi connectivity index (χ4v) is 2.18. The number of imide groups is 1. The van der Waals surface area contributed by atoms with Crippen LogP contribution in [-0.2, 0) is 14.3 Å². The molecule has 0 aliphatic carbocycles. The molecular formula is C12H13NO6. The van der Waals surface area contributed by atoms with Crippen molar-refractivity contribution in [2.24, 2.45) is 5.92 Å². The standard InChI is InChI=1S/C12H13NO6/c1-2-5-3-6(12(18)13-11(5)17)10-9(16)8(15)7(4-14)19-10/h1,3,6-10,14-16H,4H2,(H,13,17,18)/t6?,7?,8?,9-,10?/m1/s1.